The van der Waals surface area contributed by atoms with E-state index in [1.165, 1.54) is 6.07 Å². The number of halogens is 1. The number of likely N-dealkylation sites (tertiary alicyclic amines) is 1. The second-order valence-corrected chi connectivity index (χ2v) is 5.37. The normalized spacial score (nSPS) is 20.2. The third kappa shape index (κ3) is 2.82. The SMILES string of the molecule is Nc1cc(CN2CC[C@@H](O)C2)c(Br)cc1C(=O)O. The topological polar surface area (TPSA) is 86.8 Å². The molecule has 0 spiro atoms. The third-order valence-corrected chi connectivity index (χ3v) is 3.83. The monoisotopic (exact) mass is 314 g/mol. The van der Waals surface area contributed by atoms with E-state index >= 15 is 0 Å². The average Bonchev–Trinajstić information content (AvgIpc) is 2.68. The molecule has 1 aromatic carbocycles. The maximum Gasteiger partial charge on any atom is 0.337 e. The Morgan fingerprint density at radius 2 is 2.28 bits per heavy atom. The smallest absolute Gasteiger partial charge is 0.337 e. The summed E-state index contributed by atoms with van der Waals surface area (Å²) in [5.41, 5.74) is 7.03. The molecule has 2 rings (SSSR count). The molecular weight excluding hydrogens is 300 g/mol. The van der Waals surface area contributed by atoms with E-state index in [1.54, 1.807) is 6.07 Å². The maximum atomic E-state index is 10.9. The minimum Gasteiger partial charge on any atom is -0.478 e. The van der Waals surface area contributed by atoms with Crippen LogP contribution in [0.4, 0.5) is 5.69 Å². The van der Waals surface area contributed by atoms with E-state index in [2.05, 4.69) is 20.8 Å². The molecule has 0 saturated carbocycles. The number of rotatable bonds is 3. The molecule has 0 unspecified atom stereocenters. The lowest BCUT2D eigenvalue weighted by Gasteiger charge is -2.17. The molecule has 0 amide bonds. The Balaban J connectivity index is 2.19. The van der Waals surface area contributed by atoms with Crippen molar-refractivity contribution in [1.82, 2.24) is 4.90 Å². The lowest BCUT2D eigenvalue weighted by molar-refractivity contribution is 0.0698. The number of nitrogens with zero attached hydrogens (tertiary/aromatic N) is 1. The van der Waals surface area contributed by atoms with Crippen LogP contribution in [0.2, 0.25) is 0 Å². The number of hydrogen-bond acceptors (Lipinski definition) is 4. The highest BCUT2D eigenvalue weighted by Crippen LogP contribution is 2.26. The molecule has 18 heavy (non-hydrogen) atoms. The molecule has 4 N–H and O–H groups in total. The van der Waals surface area contributed by atoms with Gasteiger partial charge >= 0.3 is 5.97 Å². The van der Waals surface area contributed by atoms with E-state index in [1.807, 2.05) is 0 Å². The summed E-state index contributed by atoms with van der Waals surface area (Å²) in [7, 11) is 0. The molecule has 1 saturated heterocycles. The van der Waals surface area contributed by atoms with Crippen molar-refractivity contribution in [3.05, 3.63) is 27.7 Å². The fraction of sp³-hybridized carbons (Fsp3) is 0.417. The van der Waals surface area contributed by atoms with Crippen LogP contribution in [-0.4, -0.2) is 40.3 Å². The second kappa shape index (κ2) is 5.26. The molecular formula is C12H15BrN2O3. The molecule has 5 nitrogen and oxygen atoms in total. The summed E-state index contributed by atoms with van der Waals surface area (Å²) < 4.78 is 0.732. The zero-order chi connectivity index (χ0) is 13.3. The van der Waals surface area contributed by atoms with Crippen LogP contribution in [0.15, 0.2) is 16.6 Å². The number of hydrogen-bond donors (Lipinski definition) is 3. The van der Waals surface area contributed by atoms with Crippen molar-refractivity contribution in [3.63, 3.8) is 0 Å². The first-order valence-corrected chi connectivity index (χ1v) is 6.48. The van der Waals surface area contributed by atoms with Crippen LogP contribution in [-0.2, 0) is 6.54 Å². The number of benzene rings is 1. The van der Waals surface area contributed by atoms with E-state index in [9.17, 15) is 9.90 Å². The average molecular weight is 315 g/mol. The van der Waals surface area contributed by atoms with Crippen LogP contribution in [0.3, 0.4) is 0 Å². The maximum absolute atomic E-state index is 10.9. The molecule has 1 aliphatic rings. The summed E-state index contributed by atoms with van der Waals surface area (Å²) in [6.45, 7) is 2.14. The van der Waals surface area contributed by atoms with E-state index in [0.717, 1.165) is 23.0 Å². The summed E-state index contributed by atoms with van der Waals surface area (Å²) >= 11 is 3.36. The standard InChI is InChI=1S/C12H15BrN2O3/c13-10-4-9(12(17)18)11(14)3-7(10)5-15-2-1-8(16)6-15/h3-4,8,16H,1-2,5-6,14H2,(H,17,18)/t8-/m1/s1. The van der Waals surface area contributed by atoms with Crippen molar-refractivity contribution in [3.8, 4) is 0 Å². The van der Waals surface area contributed by atoms with Gasteiger partial charge in [-0.2, -0.15) is 0 Å². The molecule has 6 heteroatoms. The van der Waals surface area contributed by atoms with Gasteiger partial charge in [0.25, 0.3) is 0 Å². The number of β-amino-alcohol motifs (C(OH)–C–C–N with tert-alkyl or cyclic N) is 1. The Morgan fingerprint density at radius 3 is 2.83 bits per heavy atom. The van der Waals surface area contributed by atoms with Crippen molar-refractivity contribution in [2.75, 3.05) is 18.8 Å². The van der Waals surface area contributed by atoms with Crippen LogP contribution in [0.5, 0.6) is 0 Å². The number of carbonyl (C=O) groups is 1. The first-order chi connectivity index (χ1) is 8.47. The molecule has 0 aromatic heterocycles. The van der Waals surface area contributed by atoms with Crippen molar-refractivity contribution in [2.45, 2.75) is 19.1 Å². The number of anilines is 1. The summed E-state index contributed by atoms with van der Waals surface area (Å²) in [4.78, 5) is 13.0. The van der Waals surface area contributed by atoms with Gasteiger partial charge in [-0.25, -0.2) is 4.79 Å². The number of aromatic carboxylic acids is 1. The van der Waals surface area contributed by atoms with E-state index in [4.69, 9.17) is 10.8 Å². The van der Waals surface area contributed by atoms with E-state index in [0.29, 0.717) is 13.1 Å². The minimum absolute atomic E-state index is 0.104. The van der Waals surface area contributed by atoms with Crippen LogP contribution >= 0.6 is 15.9 Å². The highest BCUT2D eigenvalue weighted by molar-refractivity contribution is 9.10. The van der Waals surface area contributed by atoms with Crippen molar-refractivity contribution in [2.24, 2.45) is 0 Å². The van der Waals surface area contributed by atoms with E-state index < -0.39 is 5.97 Å². The van der Waals surface area contributed by atoms with E-state index in [-0.39, 0.29) is 17.4 Å². The fourth-order valence-electron chi connectivity index (χ4n) is 2.14. The lowest BCUT2D eigenvalue weighted by atomic mass is 10.1. The van der Waals surface area contributed by atoms with Gasteiger partial charge < -0.3 is 15.9 Å². The molecule has 98 valence electrons. The van der Waals surface area contributed by atoms with Crippen molar-refractivity contribution < 1.29 is 15.0 Å². The first-order valence-electron chi connectivity index (χ1n) is 5.69. The molecule has 1 aromatic rings. The third-order valence-electron chi connectivity index (χ3n) is 3.09. The molecule has 0 bridgehead atoms. The molecule has 0 aliphatic carbocycles. The predicted molar refractivity (Wildman–Crippen MR) is 71.4 cm³/mol. The Kier molecular flexibility index (Phi) is 3.89. The Hall–Kier alpha value is -1.11. The quantitative estimate of drug-likeness (QED) is 0.732. The predicted octanol–water partition coefficient (Wildman–Crippen LogP) is 1.30. The van der Waals surface area contributed by atoms with Gasteiger partial charge in [0.2, 0.25) is 0 Å². The highest BCUT2D eigenvalue weighted by Gasteiger charge is 2.21. The van der Waals surface area contributed by atoms with Crippen LogP contribution in [0.1, 0.15) is 22.3 Å². The molecule has 0 radical (unpaired) electrons. The largest absolute Gasteiger partial charge is 0.478 e. The van der Waals surface area contributed by atoms with Gasteiger partial charge in [0.15, 0.2) is 0 Å². The fourth-order valence-corrected chi connectivity index (χ4v) is 2.61. The Labute approximate surface area is 113 Å². The van der Waals surface area contributed by atoms with Gasteiger partial charge in [-0.05, 0) is 24.1 Å². The number of nitrogens with two attached hydrogens (primary N) is 1. The van der Waals surface area contributed by atoms with Crippen LogP contribution < -0.4 is 5.73 Å². The van der Waals surface area contributed by atoms with Crippen LogP contribution in [0.25, 0.3) is 0 Å². The first kappa shape index (κ1) is 13.3. The van der Waals surface area contributed by atoms with Crippen molar-refractivity contribution in [1.29, 1.82) is 0 Å². The van der Waals surface area contributed by atoms with Gasteiger partial charge in [-0.15, -0.1) is 0 Å². The van der Waals surface area contributed by atoms with Gasteiger partial charge in [0.05, 0.1) is 11.7 Å². The number of carboxylic acid groups (broad SMARTS) is 1. The van der Waals surface area contributed by atoms with Crippen molar-refractivity contribution >= 4 is 27.6 Å². The molecule has 1 fully saturated rings. The summed E-state index contributed by atoms with van der Waals surface area (Å²) in [6.07, 6.45) is 0.514. The molecule has 1 heterocycles. The number of aliphatic hydroxyl groups excluding tert-OH is 1. The van der Waals surface area contributed by atoms with Gasteiger partial charge in [0, 0.05) is 29.8 Å². The zero-order valence-corrected chi connectivity index (χ0v) is 11.4. The number of aliphatic hydroxyl groups is 1. The number of nitrogen functional groups attached to an aromatic ring is 1. The highest BCUT2D eigenvalue weighted by atomic mass is 79.9. The number of carboxylic acids is 1. The molecule has 1 aliphatic heterocycles. The minimum atomic E-state index is -1.03. The van der Waals surface area contributed by atoms with Gasteiger partial charge in [-0.1, -0.05) is 15.9 Å². The lowest BCUT2D eigenvalue weighted by Crippen LogP contribution is -2.22. The van der Waals surface area contributed by atoms with Crippen LogP contribution in [0, 0.1) is 0 Å². The second-order valence-electron chi connectivity index (χ2n) is 4.51. The Bertz CT molecular complexity index is 479. The summed E-state index contributed by atoms with van der Waals surface area (Å²) in [5, 5.41) is 18.4. The summed E-state index contributed by atoms with van der Waals surface area (Å²) in [5.74, 6) is -1.03. The zero-order valence-electron chi connectivity index (χ0n) is 9.77. The summed E-state index contributed by atoms with van der Waals surface area (Å²) in [6, 6.07) is 3.21. The Morgan fingerprint density at radius 1 is 1.56 bits per heavy atom. The van der Waals surface area contributed by atoms with Gasteiger partial charge in [-0.3, -0.25) is 4.90 Å². The molecule has 1 atom stereocenters. The van der Waals surface area contributed by atoms with Gasteiger partial charge in [0.1, 0.15) is 0 Å².